The molecule has 1 fully saturated rings. The lowest BCUT2D eigenvalue weighted by atomic mass is 10.1. The van der Waals surface area contributed by atoms with Gasteiger partial charge in [-0.1, -0.05) is 32.0 Å². The Labute approximate surface area is 247 Å². The van der Waals surface area contributed by atoms with E-state index < -0.39 is 50.7 Å². The molecule has 1 aromatic carbocycles. The van der Waals surface area contributed by atoms with Gasteiger partial charge in [0.15, 0.2) is 23.2 Å². The number of halogens is 1. The molecule has 3 aromatic rings. The summed E-state index contributed by atoms with van der Waals surface area (Å²) in [5.74, 6) is -3.37. The number of carbonyl (C=O) groups is 1. The number of benzene rings is 1. The average molecular weight is 623 g/mol. The van der Waals surface area contributed by atoms with Crippen LogP contribution in [-0.4, -0.2) is 79.6 Å². The maximum absolute atomic E-state index is 15.7. The van der Waals surface area contributed by atoms with E-state index in [1.54, 1.807) is 30.3 Å². The molecule has 234 valence electrons. The number of fused-ring (bicyclic) bond motifs is 3. The second-order valence-electron chi connectivity index (χ2n) is 10.9. The molecule has 1 unspecified atom stereocenters. The minimum Gasteiger partial charge on any atom is -0.465 e. The third-order valence-corrected chi connectivity index (χ3v) is 8.64. The second-order valence-corrected chi connectivity index (χ2v) is 12.6. The molecular formula is C27H36FN6O8P. The summed E-state index contributed by atoms with van der Waals surface area (Å²) >= 11 is 0. The number of esters is 1. The van der Waals surface area contributed by atoms with Crippen molar-refractivity contribution in [2.24, 2.45) is 5.92 Å². The highest BCUT2D eigenvalue weighted by Gasteiger charge is 2.58. The lowest BCUT2D eigenvalue weighted by Crippen LogP contribution is -2.43. The number of nitrogens with zero attached hydrogens (tertiary/aromatic N) is 4. The Morgan fingerprint density at radius 3 is 2.77 bits per heavy atom. The first kappa shape index (κ1) is 31.2. The first-order chi connectivity index (χ1) is 20.6. The zero-order valence-corrected chi connectivity index (χ0v) is 24.7. The number of hydrogen-bond acceptors (Lipinski definition) is 12. The molecule has 14 nitrogen and oxygen atoms in total. The topological polar surface area (TPSA) is 179 Å². The molecule has 5 rings (SSSR count). The molecule has 1 saturated heterocycles. The third kappa shape index (κ3) is 7.14. The van der Waals surface area contributed by atoms with Crippen LogP contribution >= 0.6 is 7.75 Å². The molecule has 0 amide bonds. The van der Waals surface area contributed by atoms with Gasteiger partial charge in [0.1, 0.15) is 30.3 Å². The van der Waals surface area contributed by atoms with Crippen LogP contribution in [0, 0.1) is 5.92 Å². The van der Waals surface area contributed by atoms with Crippen molar-refractivity contribution < 1.29 is 42.5 Å². The fourth-order valence-electron chi connectivity index (χ4n) is 4.92. The maximum Gasteiger partial charge on any atom is 0.459 e. The summed E-state index contributed by atoms with van der Waals surface area (Å²) in [4.78, 5) is 25.8. The van der Waals surface area contributed by atoms with Crippen LogP contribution < -0.4 is 14.9 Å². The van der Waals surface area contributed by atoms with Gasteiger partial charge in [0.2, 0.25) is 0 Å². The summed E-state index contributed by atoms with van der Waals surface area (Å²) in [7, 11) is -4.38. The van der Waals surface area contributed by atoms with E-state index in [-0.39, 0.29) is 30.3 Å². The Bertz CT molecular complexity index is 1440. The van der Waals surface area contributed by atoms with Gasteiger partial charge in [0.05, 0.1) is 19.5 Å². The number of aromatic nitrogens is 4. The molecule has 16 heteroatoms. The minimum absolute atomic E-state index is 0.000442. The van der Waals surface area contributed by atoms with Gasteiger partial charge in [-0.25, -0.2) is 23.9 Å². The number of alkyl halides is 1. The Balaban J connectivity index is 1.47. The monoisotopic (exact) mass is 622 g/mol. The third-order valence-electron chi connectivity index (χ3n) is 7.07. The average Bonchev–Trinajstić information content (AvgIpc) is 3.49. The molecule has 4 heterocycles. The molecule has 6 atom stereocenters. The first-order valence-corrected chi connectivity index (χ1v) is 15.7. The highest BCUT2D eigenvalue weighted by Crippen LogP contribution is 2.48. The fourth-order valence-corrected chi connectivity index (χ4v) is 6.43. The summed E-state index contributed by atoms with van der Waals surface area (Å²) in [6, 6.07) is 7.08. The van der Waals surface area contributed by atoms with Gasteiger partial charge in [-0.2, -0.15) is 5.09 Å². The van der Waals surface area contributed by atoms with Gasteiger partial charge in [0, 0.05) is 6.54 Å². The van der Waals surface area contributed by atoms with Crippen molar-refractivity contribution in [2.45, 2.75) is 69.9 Å². The molecule has 0 radical (unpaired) electrons. The van der Waals surface area contributed by atoms with Gasteiger partial charge in [0.25, 0.3) is 5.85 Å². The number of cyclic esters (lactones) is 1. The van der Waals surface area contributed by atoms with E-state index in [0.717, 1.165) is 17.4 Å². The molecule has 2 aromatic heterocycles. The fraction of sp³-hybridized carbons (Fsp3) is 0.556. The molecule has 2 aliphatic heterocycles. The van der Waals surface area contributed by atoms with E-state index in [0.29, 0.717) is 24.3 Å². The summed E-state index contributed by atoms with van der Waals surface area (Å²) in [5.41, 5.74) is 0.463. The number of ether oxygens (including phenoxy) is 2. The van der Waals surface area contributed by atoms with Gasteiger partial charge in [-0.15, -0.1) is 0 Å². The van der Waals surface area contributed by atoms with E-state index in [4.69, 9.17) is 18.5 Å². The smallest absolute Gasteiger partial charge is 0.459 e. The number of imidazole rings is 1. The zero-order valence-electron chi connectivity index (χ0n) is 23.8. The largest absolute Gasteiger partial charge is 0.465 e. The quantitative estimate of drug-likeness (QED) is 0.247. The van der Waals surface area contributed by atoms with Crippen LogP contribution in [0.15, 0.2) is 43.0 Å². The van der Waals surface area contributed by atoms with E-state index in [2.05, 4.69) is 25.4 Å². The van der Waals surface area contributed by atoms with E-state index in [1.807, 2.05) is 13.8 Å². The highest BCUT2D eigenvalue weighted by atomic mass is 31.2. The molecule has 6 bridgehead atoms. The first-order valence-electron chi connectivity index (χ1n) is 14.2. The Morgan fingerprint density at radius 2 is 2.00 bits per heavy atom. The lowest BCUT2D eigenvalue weighted by molar-refractivity contribution is -0.195. The summed E-state index contributed by atoms with van der Waals surface area (Å²) in [5, 5.41) is 27.3. The number of aliphatic hydroxyl groups excluding tert-OH is 1. The summed E-state index contributed by atoms with van der Waals surface area (Å²) < 4.78 is 53.5. The predicted octanol–water partition coefficient (Wildman–Crippen LogP) is 3.09. The number of anilines is 1. The van der Waals surface area contributed by atoms with Crippen molar-refractivity contribution in [2.75, 3.05) is 25.1 Å². The molecule has 0 spiro atoms. The summed E-state index contributed by atoms with van der Waals surface area (Å²) in [6.45, 7) is 3.77. The number of rotatable bonds is 4. The van der Waals surface area contributed by atoms with Crippen molar-refractivity contribution in [1.82, 2.24) is 24.6 Å². The van der Waals surface area contributed by atoms with Crippen LogP contribution in [0.2, 0.25) is 0 Å². The predicted molar refractivity (Wildman–Crippen MR) is 152 cm³/mol. The number of para-hydroxylation sites is 1. The minimum atomic E-state index is -4.38. The van der Waals surface area contributed by atoms with Crippen molar-refractivity contribution >= 4 is 30.7 Å². The van der Waals surface area contributed by atoms with Crippen molar-refractivity contribution in [3.05, 3.63) is 43.0 Å². The van der Waals surface area contributed by atoms with Crippen molar-refractivity contribution in [1.29, 1.82) is 0 Å². The van der Waals surface area contributed by atoms with Crippen LogP contribution in [-0.2, 0) is 23.4 Å². The zero-order chi connectivity index (χ0) is 30.6. The maximum atomic E-state index is 15.7. The van der Waals surface area contributed by atoms with Crippen LogP contribution in [0.3, 0.4) is 0 Å². The van der Waals surface area contributed by atoms with E-state index in [9.17, 15) is 19.6 Å². The normalized spacial score (nSPS) is 31.1. The Hall–Kier alpha value is -3.20. The summed E-state index contributed by atoms with van der Waals surface area (Å²) in [6.07, 6.45) is -0.631. The Morgan fingerprint density at radius 1 is 1.21 bits per heavy atom. The number of hydrogen-bond donors (Lipinski definition) is 4. The Kier molecular flexibility index (Phi) is 9.59. The molecule has 43 heavy (non-hydrogen) atoms. The number of aliphatic hydroxyl groups is 2. The van der Waals surface area contributed by atoms with Gasteiger partial charge >= 0.3 is 13.7 Å². The van der Waals surface area contributed by atoms with Crippen molar-refractivity contribution in [3.8, 4) is 5.75 Å². The van der Waals surface area contributed by atoms with Crippen LogP contribution in [0.5, 0.6) is 5.75 Å². The van der Waals surface area contributed by atoms with Gasteiger partial charge in [-0.05, 0) is 43.7 Å². The lowest BCUT2D eigenvalue weighted by Gasteiger charge is -2.26. The highest BCUT2D eigenvalue weighted by molar-refractivity contribution is 7.52. The van der Waals surface area contributed by atoms with Gasteiger partial charge in [-0.3, -0.25) is 13.9 Å². The molecule has 4 N–H and O–H groups in total. The molecule has 0 saturated carbocycles. The second kappa shape index (κ2) is 13.2. The van der Waals surface area contributed by atoms with Crippen molar-refractivity contribution in [3.63, 3.8) is 0 Å². The van der Waals surface area contributed by atoms with Crippen LogP contribution in [0.4, 0.5) is 10.2 Å². The SMILES string of the molecule is CC(C)C[C@H]1NP(=O)(Oc2ccccc2)OC[C@H]2O[C@@H](n3cnc4c(ncnc43)NCCCCCOC1=O)[C@@](O)(F)[C@@H]2O. The molecule has 0 aliphatic carbocycles. The van der Waals surface area contributed by atoms with Gasteiger partial charge < -0.3 is 29.5 Å². The standard InChI is InChI=1S/C27H36FN6O8P/c1-17(2)13-19-25(36)39-12-8-4-7-11-29-23-21-24(31-15-30-23)34(16-32-21)26-27(28,37)22(35)20(41-26)14-40-43(38,33-19)42-18-9-5-3-6-10-18/h3,5-6,9-10,15-17,19-20,22,26,35,37H,4,7-8,11-14H2,1-2H3,(H,33,38)(H,29,30,31)/t19-,20-,22-,26-,27-,43?/m1/s1. The van der Waals surface area contributed by atoms with Crippen LogP contribution in [0.25, 0.3) is 11.2 Å². The van der Waals surface area contributed by atoms with E-state index >= 15 is 4.39 Å². The van der Waals surface area contributed by atoms with Crippen LogP contribution in [0.1, 0.15) is 45.8 Å². The molecule has 2 aliphatic rings. The molecular weight excluding hydrogens is 586 g/mol. The number of nitrogens with one attached hydrogen (secondary N) is 2. The van der Waals surface area contributed by atoms with E-state index in [1.165, 1.54) is 12.7 Å². The number of carbonyl (C=O) groups excluding carboxylic acids is 1.